The van der Waals surface area contributed by atoms with Gasteiger partial charge in [0.25, 0.3) is 5.91 Å². The quantitative estimate of drug-likeness (QED) is 0.624. The summed E-state index contributed by atoms with van der Waals surface area (Å²) >= 11 is 1.46. The number of rotatable bonds is 2. The Hall–Kier alpha value is -2.02. The van der Waals surface area contributed by atoms with Gasteiger partial charge in [-0.2, -0.15) is 4.99 Å². The van der Waals surface area contributed by atoms with Crippen LogP contribution in [-0.2, 0) is 4.79 Å². The van der Waals surface area contributed by atoms with Crippen molar-refractivity contribution in [1.29, 1.82) is 0 Å². The van der Waals surface area contributed by atoms with E-state index in [2.05, 4.69) is 4.99 Å². The van der Waals surface area contributed by atoms with Crippen molar-refractivity contribution in [2.45, 2.75) is 24.8 Å². The Morgan fingerprint density at radius 3 is 2.70 bits per heavy atom. The van der Waals surface area contributed by atoms with Gasteiger partial charge in [-0.3, -0.25) is 9.59 Å². The first-order chi connectivity index (χ1) is 9.40. The largest absolute Gasteiger partial charge is 0.370 e. The average Bonchev–Trinajstić information content (AvgIpc) is 2.36. The SMILES string of the molecule is CC(C)N1C(=O)CSc2ccc(C(=O)N=C(N)N)cc21. The molecule has 0 saturated heterocycles. The molecule has 0 spiro atoms. The molecule has 0 saturated carbocycles. The lowest BCUT2D eigenvalue weighted by atomic mass is 10.1. The zero-order chi connectivity index (χ0) is 14.9. The maximum Gasteiger partial charge on any atom is 0.280 e. The molecule has 1 aliphatic rings. The summed E-state index contributed by atoms with van der Waals surface area (Å²) in [5.74, 6) is -0.353. The van der Waals surface area contributed by atoms with Crippen molar-refractivity contribution in [2.24, 2.45) is 16.5 Å². The van der Waals surface area contributed by atoms with Gasteiger partial charge in [-0.25, -0.2) is 0 Å². The number of thioether (sulfide) groups is 1. The van der Waals surface area contributed by atoms with Crippen molar-refractivity contribution in [2.75, 3.05) is 10.7 Å². The summed E-state index contributed by atoms with van der Waals surface area (Å²) in [6.45, 7) is 3.87. The van der Waals surface area contributed by atoms with Crippen molar-refractivity contribution < 1.29 is 9.59 Å². The monoisotopic (exact) mass is 292 g/mol. The molecule has 6 nitrogen and oxygen atoms in total. The highest BCUT2D eigenvalue weighted by Gasteiger charge is 2.27. The summed E-state index contributed by atoms with van der Waals surface area (Å²) in [4.78, 5) is 30.0. The van der Waals surface area contributed by atoms with Crippen LogP contribution in [0.2, 0.25) is 0 Å². The van der Waals surface area contributed by atoms with Gasteiger partial charge in [0.05, 0.1) is 11.4 Å². The van der Waals surface area contributed by atoms with Crippen LogP contribution in [0, 0.1) is 0 Å². The maximum atomic E-state index is 12.0. The van der Waals surface area contributed by atoms with E-state index < -0.39 is 5.91 Å². The van der Waals surface area contributed by atoms with Crippen LogP contribution in [0.1, 0.15) is 24.2 Å². The topological polar surface area (TPSA) is 102 Å². The van der Waals surface area contributed by atoms with Crippen LogP contribution < -0.4 is 16.4 Å². The fourth-order valence-corrected chi connectivity index (χ4v) is 2.94. The van der Waals surface area contributed by atoms with Crippen LogP contribution in [0.25, 0.3) is 0 Å². The number of carbonyl (C=O) groups excluding carboxylic acids is 2. The second-order valence-corrected chi connectivity index (χ2v) is 5.69. The van der Waals surface area contributed by atoms with Gasteiger partial charge < -0.3 is 16.4 Å². The number of hydrogen-bond acceptors (Lipinski definition) is 3. The molecular weight excluding hydrogens is 276 g/mol. The lowest BCUT2D eigenvalue weighted by molar-refractivity contribution is -0.116. The van der Waals surface area contributed by atoms with Crippen molar-refractivity contribution in [3.05, 3.63) is 23.8 Å². The van der Waals surface area contributed by atoms with Crippen LogP contribution in [0.4, 0.5) is 5.69 Å². The third kappa shape index (κ3) is 2.77. The van der Waals surface area contributed by atoms with E-state index in [1.165, 1.54) is 11.8 Å². The molecule has 0 unspecified atom stereocenters. The molecule has 0 aromatic heterocycles. The molecule has 0 fully saturated rings. The fourth-order valence-electron chi connectivity index (χ4n) is 2.05. The van der Waals surface area contributed by atoms with Crippen molar-refractivity contribution in [3.8, 4) is 0 Å². The standard InChI is InChI=1S/C13H16N4O2S/c1-7(2)17-9-5-8(12(19)16-13(14)15)3-4-10(9)20-6-11(17)18/h3-5,7H,6H2,1-2H3,(H4,14,15,16,19). The van der Waals surface area contributed by atoms with E-state index >= 15 is 0 Å². The second kappa shape index (κ2) is 5.54. The molecular formula is C13H16N4O2S. The number of guanidine groups is 1. The van der Waals surface area contributed by atoms with E-state index in [-0.39, 0.29) is 17.9 Å². The number of fused-ring (bicyclic) bond motifs is 1. The Morgan fingerprint density at radius 1 is 1.40 bits per heavy atom. The minimum atomic E-state index is -0.514. The van der Waals surface area contributed by atoms with Crippen LogP contribution >= 0.6 is 11.8 Å². The normalized spacial score (nSPS) is 14.2. The van der Waals surface area contributed by atoms with E-state index in [9.17, 15) is 9.59 Å². The van der Waals surface area contributed by atoms with E-state index in [1.54, 1.807) is 17.0 Å². The molecule has 1 heterocycles. The molecule has 0 aliphatic carbocycles. The van der Waals surface area contributed by atoms with Gasteiger partial charge >= 0.3 is 0 Å². The summed E-state index contributed by atoms with van der Waals surface area (Å²) in [5.41, 5.74) is 11.5. The Bertz CT molecular complexity index is 594. The van der Waals surface area contributed by atoms with E-state index in [0.29, 0.717) is 11.3 Å². The van der Waals surface area contributed by atoms with Gasteiger partial charge in [0.2, 0.25) is 5.91 Å². The highest BCUT2D eigenvalue weighted by atomic mass is 32.2. The first-order valence-electron chi connectivity index (χ1n) is 6.13. The number of anilines is 1. The van der Waals surface area contributed by atoms with Gasteiger partial charge in [0.1, 0.15) is 0 Å². The smallest absolute Gasteiger partial charge is 0.280 e. The lowest BCUT2D eigenvalue weighted by Crippen LogP contribution is -2.40. The molecule has 20 heavy (non-hydrogen) atoms. The molecule has 2 amide bonds. The highest BCUT2D eigenvalue weighted by molar-refractivity contribution is 8.00. The number of aliphatic imine (C=N–C) groups is 1. The minimum Gasteiger partial charge on any atom is -0.370 e. The van der Waals surface area contributed by atoms with Crippen molar-refractivity contribution >= 4 is 35.2 Å². The maximum absolute atomic E-state index is 12.0. The van der Waals surface area contributed by atoms with E-state index in [4.69, 9.17) is 11.5 Å². The van der Waals surface area contributed by atoms with Crippen molar-refractivity contribution in [1.82, 2.24) is 0 Å². The summed E-state index contributed by atoms with van der Waals surface area (Å²) < 4.78 is 0. The average molecular weight is 292 g/mol. The predicted octanol–water partition coefficient (Wildman–Crippen LogP) is 0.947. The number of benzene rings is 1. The van der Waals surface area contributed by atoms with Gasteiger partial charge in [-0.1, -0.05) is 0 Å². The molecule has 106 valence electrons. The molecule has 7 heteroatoms. The molecule has 0 bridgehead atoms. The summed E-state index contributed by atoms with van der Waals surface area (Å²) in [7, 11) is 0. The number of hydrogen-bond donors (Lipinski definition) is 2. The second-order valence-electron chi connectivity index (χ2n) is 4.67. The Balaban J connectivity index is 2.46. The van der Waals surface area contributed by atoms with Gasteiger partial charge in [-0.15, -0.1) is 11.8 Å². The molecule has 1 aliphatic heterocycles. The molecule has 4 N–H and O–H groups in total. The zero-order valence-corrected chi connectivity index (χ0v) is 12.1. The third-order valence-electron chi connectivity index (χ3n) is 2.83. The summed E-state index contributed by atoms with van der Waals surface area (Å²) in [6.07, 6.45) is 0. The summed E-state index contributed by atoms with van der Waals surface area (Å²) in [6, 6.07) is 5.16. The Kier molecular flexibility index (Phi) is 3.99. The minimum absolute atomic E-state index is 0.0237. The highest BCUT2D eigenvalue weighted by Crippen LogP contribution is 2.37. The Labute approximate surface area is 121 Å². The van der Waals surface area contributed by atoms with E-state index in [1.807, 2.05) is 19.9 Å². The lowest BCUT2D eigenvalue weighted by Gasteiger charge is -2.32. The number of nitrogens with zero attached hydrogens (tertiary/aromatic N) is 2. The number of carbonyl (C=O) groups is 2. The predicted molar refractivity (Wildman–Crippen MR) is 79.9 cm³/mol. The molecule has 0 atom stereocenters. The van der Waals surface area contributed by atoms with Crippen LogP contribution in [0.5, 0.6) is 0 Å². The first kappa shape index (κ1) is 14.4. The molecule has 2 rings (SSSR count). The van der Waals surface area contributed by atoms with Crippen LogP contribution in [-0.4, -0.2) is 29.6 Å². The molecule has 0 radical (unpaired) electrons. The summed E-state index contributed by atoms with van der Waals surface area (Å²) in [5, 5.41) is 0. The number of amides is 2. The molecule has 1 aromatic carbocycles. The van der Waals surface area contributed by atoms with Gasteiger partial charge in [0, 0.05) is 16.5 Å². The van der Waals surface area contributed by atoms with E-state index in [0.717, 1.165) is 10.6 Å². The first-order valence-corrected chi connectivity index (χ1v) is 7.11. The molecule has 1 aromatic rings. The fraction of sp³-hybridized carbons (Fsp3) is 0.308. The third-order valence-corrected chi connectivity index (χ3v) is 3.88. The van der Waals surface area contributed by atoms with Crippen LogP contribution in [0.15, 0.2) is 28.1 Å². The van der Waals surface area contributed by atoms with Gasteiger partial charge in [-0.05, 0) is 32.0 Å². The zero-order valence-electron chi connectivity index (χ0n) is 11.3. The van der Waals surface area contributed by atoms with Crippen LogP contribution in [0.3, 0.4) is 0 Å². The van der Waals surface area contributed by atoms with Crippen molar-refractivity contribution in [3.63, 3.8) is 0 Å². The number of nitrogens with two attached hydrogens (primary N) is 2. The van der Waals surface area contributed by atoms with Gasteiger partial charge in [0.15, 0.2) is 5.96 Å². The Morgan fingerprint density at radius 2 is 2.10 bits per heavy atom.